The minimum Gasteiger partial charge on any atom is -0.309 e. The summed E-state index contributed by atoms with van der Waals surface area (Å²) in [6, 6.07) is 14.4. The van der Waals surface area contributed by atoms with E-state index in [2.05, 4.69) is 37.9 Å². The van der Waals surface area contributed by atoms with Crippen LogP contribution in [0.25, 0.3) is 20.9 Å². The van der Waals surface area contributed by atoms with Crippen molar-refractivity contribution in [3.8, 4) is 10.7 Å². The number of nitrogens with one attached hydrogen (secondary N) is 1. The second kappa shape index (κ2) is 8.65. The molecule has 0 radical (unpaired) electrons. The molecule has 0 fully saturated rings. The Morgan fingerprint density at radius 2 is 1.94 bits per heavy atom. The first kappa shape index (κ1) is 21.1. The predicted molar refractivity (Wildman–Crippen MR) is 133 cm³/mol. The van der Waals surface area contributed by atoms with Crippen LogP contribution in [0.4, 0.5) is 0 Å². The standard InChI is InChI=1S/C23H21N5OS3/c1-13-14(2)31-22-18(13)21(29)24-19(25-22)15(3)32-23-27-26-20(17-10-7-11-30-17)28(23)12-16-8-5-4-6-9-16/h4-11,15H,12H2,1-3H3,(H,24,25,29). The summed E-state index contributed by atoms with van der Waals surface area (Å²) in [5, 5.41) is 12.4. The lowest BCUT2D eigenvalue weighted by Gasteiger charge is -2.13. The van der Waals surface area contributed by atoms with Gasteiger partial charge in [0, 0.05) is 4.88 Å². The van der Waals surface area contributed by atoms with Crippen LogP contribution in [0, 0.1) is 13.8 Å². The Morgan fingerprint density at radius 1 is 1.12 bits per heavy atom. The van der Waals surface area contributed by atoms with Crippen molar-refractivity contribution < 1.29 is 0 Å². The lowest BCUT2D eigenvalue weighted by molar-refractivity contribution is 0.712. The number of aryl methyl sites for hydroxylation is 2. The van der Waals surface area contributed by atoms with E-state index in [-0.39, 0.29) is 10.8 Å². The van der Waals surface area contributed by atoms with Gasteiger partial charge in [0.15, 0.2) is 11.0 Å². The van der Waals surface area contributed by atoms with E-state index in [0.717, 1.165) is 31.1 Å². The monoisotopic (exact) mass is 479 g/mol. The minimum atomic E-state index is -0.0929. The number of thioether (sulfide) groups is 1. The Kier molecular flexibility index (Phi) is 5.71. The van der Waals surface area contributed by atoms with Gasteiger partial charge in [-0.1, -0.05) is 48.2 Å². The largest absolute Gasteiger partial charge is 0.309 e. The van der Waals surface area contributed by atoms with Gasteiger partial charge >= 0.3 is 0 Å². The molecule has 0 saturated heterocycles. The number of nitrogens with zero attached hydrogens (tertiary/aromatic N) is 4. The molecule has 5 rings (SSSR count). The number of thiophene rings is 2. The molecule has 4 aromatic heterocycles. The van der Waals surface area contributed by atoms with Crippen molar-refractivity contribution in [1.82, 2.24) is 24.7 Å². The average Bonchev–Trinajstić information content (AvgIpc) is 3.50. The first-order valence-corrected chi connectivity index (χ1v) is 12.8. The number of fused-ring (bicyclic) bond motifs is 1. The minimum absolute atomic E-state index is 0.0793. The van der Waals surface area contributed by atoms with Gasteiger partial charge in [-0.15, -0.1) is 32.9 Å². The lowest BCUT2D eigenvalue weighted by atomic mass is 10.2. The molecule has 4 heterocycles. The van der Waals surface area contributed by atoms with Crippen LogP contribution in [0.5, 0.6) is 0 Å². The third kappa shape index (κ3) is 3.92. The van der Waals surface area contributed by atoms with Crippen LogP contribution in [-0.2, 0) is 6.54 Å². The second-order valence-corrected chi connectivity index (χ2v) is 11.0. The maximum atomic E-state index is 12.7. The molecule has 1 aromatic carbocycles. The summed E-state index contributed by atoms with van der Waals surface area (Å²) in [5.74, 6) is 1.50. The zero-order valence-corrected chi connectivity index (χ0v) is 20.3. The molecule has 0 aliphatic carbocycles. The fourth-order valence-electron chi connectivity index (χ4n) is 3.55. The van der Waals surface area contributed by atoms with Crippen molar-refractivity contribution >= 4 is 44.7 Å². The van der Waals surface area contributed by atoms with Gasteiger partial charge in [-0.25, -0.2) is 4.98 Å². The van der Waals surface area contributed by atoms with E-state index in [4.69, 9.17) is 4.98 Å². The summed E-state index contributed by atoms with van der Waals surface area (Å²) in [4.78, 5) is 23.5. The molecule has 0 aliphatic heterocycles. The number of rotatable bonds is 6. The first-order valence-electron chi connectivity index (χ1n) is 10.2. The Hall–Kier alpha value is -2.75. The smallest absolute Gasteiger partial charge is 0.259 e. The van der Waals surface area contributed by atoms with Gasteiger partial charge in [0.2, 0.25) is 0 Å². The lowest BCUT2D eigenvalue weighted by Crippen LogP contribution is -2.13. The molecule has 0 aliphatic rings. The van der Waals surface area contributed by atoms with E-state index in [1.807, 2.05) is 50.4 Å². The average molecular weight is 480 g/mol. The Labute approximate surface area is 197 Å². The zero-order chi connectivity index (χ0) is 22.2. The maximum absolute atomic E-state index is 12.7. The normalized spacial score (nSPS) is 12.5. The Morgan fingerprint density at radius 3 is 2.69 bits per heavy atom. The fourth-order valence-corrected chi connectivity index (χ4v) is 6.21. The molecule has 1 N–H and O–H groups in total. The number of aromatic amines is 1. The third-order valence-electron chi connectivity index (χ3n) is 5.37. The van der Waals surface area contributed by atoms with Gasteiger partial charge < -0.3 is 4.98 Å². The molecule has 6 nitrogen and oxygen atoms in total. The van der Waals surface area contributed by atoms with Gasteiger partial charge in [0.05, 0.1) is 22.1 Å². The van der Waals surface area contributed by atoms with Crippen LogP contribution in [-0.4, -0.2) is 24.7 Å². The van der Waals surface area contributed by atoms with Crippen molar-refractivity contribution in [2.75, 3.05) is 0 Å². The first-order chi connectivity index (χ1) is 15.5. The summed E-state index contributed by atoms with van der Waals surface area (Å²) in [6.45, 7) is 6.70. The highest BCUT2D eigenvalue weighted by molar-refractivity contribution is 7.99. The van der Waals surface area contributed by atoms with Crippen molar-refractivity contribution in [3.05, 3.63) is 80.0 Å². The van der Waals surface area contributed by atoms with Crippen LogP contribution in [0.3, 0.4) is 0 Å². The van der Waals surface area contributed by atoms with Crippen LogP contribution in [0.1, 0.15) is 34.0 Å². The number of H-pyrrole nitrogens is 1. The van der Waals surface area contributed by atoms with Crippen molar-refractivity contribution in [2.45, 2.75) is 37.7 Å². The summed E-state index contributed by atoms with van der Waals surface area (Å²) in [6.07, 6.45) is 0. The number of hydrogen-bond donors (Lipinski definition) is 1. The highest BCUT2D eigenvalue weighted by Gasteiger charge is 2.21. The summed E-state index contributed by atoms with van der Waals surface area (Å²) in [5.41, 5.74) is 2.11. The van der Waals surface area contributed by atoms with E-state index in [9.17, 15) is 4.79 Å². The Bertz CT molecular complexity index is 1430. The molecule has 5 aromatic rings. The summed E-state index contributed by atoms with van der Waals surface area (Å²) in [7, 11) is 0. The molecular weight excluding hydrogens is 458 g/mol. The van der Waals surface area contributed by atoms with E-state index in [1.54, 1.807) is 34.4 Å². The van der Waals surface area contributed by atoms with E-state index in [1.165, 1.54) is 5.56 Å². The molecule has 0 amide bonds. The van der Waals surface area contributed by atoms with Gasteiger partial charge in [0.1, 0.15) is 10.7 Å². The van der Waals surface area contributed by atoms with Crippen LogP contribution in [0.2, 0.25) is 0 Å². The SMILES string of the molecule is Cc1sc2nc(C(C)Sc3nnc(-c4cccs4)n3Cc3ccccc3)[nH]c(=O)c2c1C. The van der Waals surface area contributed by atoms with Crippen LogP contribution in [0.15, 0.2) is 57.8 Å². The molecule has 0 saturated carbocycles. The molecule has 32 heavy (non-hydrogen) atoms. The molecule has 0 bridgehead atoms. The van der Waals surface area contributed by atoms with Gasteiger partial charge in [-0.05, 0) is 43.3 Å². The van der Waals surface area contributed by atoms with Gasteiger partial charge in [-0.3, -0.25) is 9.36 Å². The Balaban J connectivity index is 1.51. The van der Waals surface area contributed by atoms with E-state index >= 15 is 0 Å². The summed E-state index contributed by atoms with van der Waals surface area (Å²) < 4.78 is 2.14. The quantitative estimate of drug-likeness (QED) is 0.310. The highest BCUT2D eigenvalue weighted by Crippen LogP contribution is 2.36. The maximum Gasteiger partial charge on any atom is 0.259 e. The topological polar surface area (TPSA) is 76.5 Å². The van der Waals surface area contributed by atoms with Crippen molar-refractivity contribution in [3.63, 3.8) is 0 Å². The molecule has 0 spiro atoms. The molecule has 162 valence electrons. The molecule has 9 heteroatoms. The van der Waals surface area contributed by atoms with Crippen LogP contribution < -0.4 is 5.56 Å². The predicted octanol–water partition coefficient (Wildman–Crippen LogP) is 5.82. The van der Waals surface area contributed by atoms with Crippen molar-refractivity contribution in [1.29, 1.82) is 0 Å². The molecular formula is C23H21N5OS3. The number of aromatic nitrogens is 5. The number of hydrogen-bond acceptors (Lipinski definition) is 7. The highest BCUT2D eigenvalue weighted by atomic mass is 32.2. The van der Waals surface area contributed by atoms with E-state index in [0.29, 0.717) is 17.8 Å². The molecule has 1 unspecified atom stereocenters. The fraction of sp³-hybridized carbons (Fsp3) is 0.217. The van der Waals surface area contributed by atoms with Gasteiger partial charge in [-0.2, -0.15) is 0 Å². The third-order valence-corrected chi connectivity index (χ3v) is 8.42. The summed E-state index contributed by atoms with van der Waals surface area (Å²) >= 11 is 4.77. The number of benzene rings is 1. The van der Waals surface area contributed by atoms with Crippen LogP contribution >= 0.6 is 34.4 Å². The molecule has 1 atom stereocenters. The van der Waals surface area contributed by atoms with Gasteiger partial charge in [0.25, 0.3) is 5.56 Å². The van der Waals surface area contributed by atoms with E-state index < -0.39 is 0 Å². The second-order valence-electron chi connectivity index (χ2n) is 7.53. The van der Waals surface area contributed by atoms with Crippen molar-refractivity contribution in [2.24, 2.45) is 0 Å². The zero-order valence-electron chi connectivity index (χ0n) is 17.8.